The Morgan fingerprint density at radius 2 is 2.03 bits per heavy atom. The van der Waals surface area contributed by atoms with Crippen LogP contribution in [0.3, 0.4) is 0 Å². The molecule has 1 heterocycles. The van der Waals surface area contributed by atoms with Crippen molar-refractivity contribution in [1.82, 2.24) is 9.78 Å². The van der Waals surface area contributed by atoms with Gasteiger partial charge < -0.3 is 5.11 Å². The lowest BCUT2D eigenvalue weighted by Crippen LogP contribution is -2.51. The predicted octanol–water partition coefficient (Wildman–Crippen LogP) is 4.26. The molecule has 0 unspecified atom stereocenters. The fraction of sp³-hybridized carbons (Fsp3) is 0.731. The Morgan fingerprint density at radius 3 is 2.81 bits per heavy atom. The Kier molecular flexibility index (Phi) is 4.16. The number of Topliss-reactive ketones (excluding diaryl/α,β-unsaturated/α-hetero) is 1. The number of rotatable bonds is 3. The molecular weight excluding hydrogens is 386 g/mol. The quantitative estimate of drug-likeness (QED) is 0.794. The van der Waals surface area contributed by atoms with E-state index in [2.05, 4.69) is 18.1 Å². The Bertz CT molecular complexity index is 1010. The molecule has 0 radical (unpaired) electrons. The second-order valence-electron chi connectivity index (χ2n) is 11.7. The maximum Gasteiger partial charge on any atom is 0.180 e. The summed E-state index contributed by atoms with van der Waals surface area (Å²) in [4.78, 5) is 13.4. The number of hydrogen-bond donors (Lipinski definition) is 1. The fourth-order valence-electron chi connectivity index (χ4n) is 8.77. The normalized spacial score (nSPS) is 45.2. The van der Waals surface area contributed by atoms with Gasteiger partial charge in [-0.15, -0.1) is 0 Å². The summed E-state index contributed by atoms with van der Waals surface area (Å²) in [5, 5.41) is 23.9. The zero-order chi connectivity index (χ0) is 21.5. The van der Waals surface area contributed by atoms with Gasteiger partial charge in [0.25, 0.3) is 0 Å². The summed E-state index contributed by atoms with van der Waals surface area (Å²) in [6.07, 6.45) is 12.3. The van der Waals surface area contributed by atoms with E-state index < -0.39 is 5.60 Å². The summed E-state index contributed by atoms with van der Waals surface area (Å²) in [5.41, 5.74) is 2.64. The van der Waals surface area contributed by atoms with E-state index in [1.165, 1.54) is 37.5 Å². The van der Waals surface area contributed by atoms with Gasteiger partial charge in [-0.25, -0.2) is 0 Å². The molecule has 8 atom stereocenters. The van der Waals surface area contributed by atoms with E-state index in [0.717, 1.165) is 49.0 Å². The van der Waals surface area contributed by atoms with Gasteiger partial charge in [-0.3, -0.25) is 9.48 Å². The van der Waals surface area contributed by atoms with E-state index in [-0.39, 0.29) is 17.7 Å². The third-order valence-corrected chi connectivity index (χ3v) is 9.89. The summed E-state index contributed by atoms with van der Waals surface area (Å²) in [7, 11) is 0. The average molecular weight is 420 g/mol. The first-order chi connectivity index (χ1) is 14.8. The number of fused-ring (bicyclic) bond motifs is 7. The van der Waals surface area contributed by atoms with Crippen molar-refractivity contribution in [3.63, 3.8) is 0 Å². The minimum Gasteiger partial charge on any atom is -0.390 e. The van der Waals surface area contributed by atoms with Crippen LogP contribution in [0.5, 0.6) is 0 Å². The predicted molar refractivity (Wildman–Crippen MR) is 116 cm³/mol. The standard InChI is InChI=1S/C26H33N3O2/c1-25(31)7-5-17-16(10-25)3-4-19-18(17)6-8-26(2)23(19)20-9-21(20)24(26)22(30)14-29-13-15(11-27)12-28-29/h12-13,16-20,23,31H,3-10,14H2,1-2H3/t16-,17+,18-,19-,20-,23-,25-,26+/m1/s1. The smallest absolute Gasteiger partial charge is 0.180 e. The molecule has 5 aliphatic rings. The second kappa shape index (κ2) is 6.54. The molecule has 1 aromatic rings. The van der Waals surface area contributed by atoms with Crippen LogP contribution in [0.1, 0.15) is 70.8 Å². The Labute approximate surface area is 184 Å². The Morgan fingerprint density at radius 1 is 1.23 bits per heavy atom. The van der Waals surface area contributed by atoms with Gasteiger partial charge in [-0.1, -0.05) is 12.5 Å². The number of aromatic nitrogens is 2. The van der Waals surface area contributed by atoms with Crippen LogP contribution in [0.2, 0.25) is 0 Å². The highest BCUT2D eigenvalue weighted by Crippen LogP contribution is 2.72. The molecule has 1 N–H and O–H groups in total. The molecule has 164 valence electrons. The highest BCUT2D eigenvalue weighted by Gasteiger charge is 2.65. The number of nitriles is 1. The molecule has 5 heteroatoms. The number of nitrogens with zero attached hydrogens (tertiary/aromatic N) is 3. The van der Waals surface area contributed by atoms with E-state index in [1.54, 1.807) is 10.9 Å². The molecular formula is C26H33N3O2. The van der Waals surface area contributed by atoms with Crippen LogP contribution in [-0.2, 0) is 11.3 Å². The van der Waals surface area contributed by atoms with Crippen molar-refractivity contribution < 1.29 is 9.90 Å². The zero-order valence-electron chi connectivity index (χ0n) is 18.7. The summed E-state index contributed by atoms with van der Waals surface area (Å²) in [6.45, 7) is 4.66. The largest absolute Gasteiger partial charge is 0.390 e. The maximum absolute atomic E-state index is 13.4. The molecule has 6 rings (SSSR count). The second-order valence-corrected chi connectivity index (χ2v) is 11.7. The van der Waals surface area contributed by atoms with Crippen molar-refractivity contribution >= 4 is 5.78 Å². The minimum atomic E-state index is -0.465. The third kappa shape index (κ3) is 2.90. The van der Waals surface area contributed by atoms with E-state index in [4.69, 9.17) is 5.26 Å². The van der Waals surface area contributed by atoms with E-state index in [0.29, 0.717) is 23.3 Å². The summed E-state index contributed by atoms with van der Waals surface area (Å²) in [5.74, 6) is 4.48. The van der Waals surface area contributed by atoms with Gasteiger partial charge in [-0.05, 0) is 99.2 Å². The lowest BCUT2D eigenvalue weighted by atomic mass is 9.48. The molecule has 0 saturated heterocycles. The van der Waals surface area contributed by atoms with Crippen molar-refractivity contribution in [1.29, 1.82) is 5.26 Å². The zero-order valence-corrected chi connectivity index (χ0v) is 18.7. The van der Waals surface area contributed by atoms with Crippen LogP contribution in [0.25, 0.3) is 0 Å². The number of carbonyl (C=O) groups is 1. The van der Waals surface area contributed by atoms with Crippen LogP contribution >= 0.6 is 0 Å². The summed E-state index contributed by atoms with van der Waals surface area (Å²) < 4.78 is 1.63. The van der Waals surface area contributed by atoms with Crippen LogP contribution in [0.4, 0.5) is 0 Å². The van der Waals surface area contributed by atoms with Gasteiger partial charge in [0.05, 0.1) is 17.4 Å². The highest BCUT2D eigenvalue weighted by molar-refractivity contribution is 5.99. The minimum absolute atomic E-state index is 0.0225. The number of aliphatic hydroxyl groups is 1. The first-order valence-electron chi connectivity index (χ1n) is 12.2. The van der Waals surface area contributed by atoms with Crippen molar-refractivity contribution in [2.45, 2.75) is 77.4 Å². The summed E-state index contributed by atoms with van der Waals surface area (Å²) >= 11 is 0. The van der Waals surface area contributed by atoms with Gasteiger partial charge in [0.1, 0.15) is 12.6 Å². The molecule has 4 saturated carbocycles. The molecule has 1 aromatic heterocycles. The van der Waals surface area contributed by atoms with Crippen molar-refractivity contribution in [3.8, 4) is 6.07 Å². The Balaban J connectivity index is 1.24. The lowest BCUT2D eigenvalue weighted by Gasteiger charge is -2.57. The van der Waals surface area contributed by atoms with Crippen LogP contribution < -0.4 is 0 Å². The van der Waals surface area contributed by atoms with Gasteiger partial charge in [0.2, 0.25) is 0 Å². The first-order valence-corrected chi connectivity index (χ1v) is 12.2. The molecule has 5 nitrogen and oxygen atoms in total. The van der Waals surface area contributed by atoms with Crippen molar-refractivity contribution in [2.24, 2.45) is 40.9 Å². The SMILES string of the molecule is C[C@@]1(O)CC[C@H]2[C@H](CC[C@@H]3[C@@H]2CC[C@]2(C)C(C(=O)Cn4cc(C#N)cn4)=C4C[C@H]4[C@@H]32)C1. The highest BCUT2D eigenvalue weighted by atomic mass is 16.3. The van der Waals surface area contributed by atoms with Gasteiger partial charge >= 0.3 is 0 Å². The lowest BCUT2D eigenvalue weighted by molar-refractivity contribution is -0.120. The van der Waals surface area contributed by atoms with Crippen LogP contribution in [0.15, 0.2) is 23.5 Å². The van der Waals surface area contributed by atoms with Crippen LogP contribution in [-0.4, -0.2) is 26.3 Å². The van der Waals surface area contributed by atoms with Crippen molar-refractivity contribution in [2.75, 3.05) is 0 Å². The summed E-state index contributed by atoms with van der Waals surface area (Å²) in [6, 6.07) is 2.10. The van der Waals surface area contributed by atoms with Gasteiger partial charge in [-0.2, -0.15) is 10.4 Å². The number of hydrogen-bond acceptors (Lipinski definition) is 4. The molecule has 0 amide bonds. The van der Waals surface area contributed by atoms with Crippen molar-refractivity contribution in [3.05, 3.63) is 29.1 Å². The van der Waals surface area contributed by atoms with E-state index in [1.807, 2.05) is 6.92 Å². The van der Waals surface area contributed by atoms with Gasteiger partial charge in [0, 0.05) is 11.8 Å². The molecule has 0 bridgehead atoms. The van der Waals surface area contributed by atoms with Crippen LogP contribution in [0, 0.1) is 52.3 Å². The third-order valence-electron chi connectivity index (χ3n) is 9.89. The molecule has 0 aromatic carbocycles. The molecule has 5 aliphatic carbocycles. The van der Waals surface area contributed by atoms with E-state index in [9.17, 15) is 9.90 Å². The molecule has 0 aliphatic heterocycles. The monoisotopic (exact) mass is 419 g/mol. The average Bonchev–Trinajstić information content (AvgIpc) is 3.23. The number of allylic oxidation sites excluding steroid dienone is 2. The Hall–Kier alpha value is -1.93. The molecule has 4 fully saturated rings. The molecule has 0 spiro atoms. The fourth-order valence-corrected chi connectivity index (χ4v) is 8.77. The first kappa shape index (κ1) is 19.7. The molecule has 31 heavy (non-hydrogen) atoms. The van der Waals surface area contributed by atoms with E-state index >= 15 is 0 Å². The van der Waals surface area contributed by atoms with Gasteiger partial charge in [0.15, 0.2) is 5.78 Å². The maximum atomic E-state index is 13.4. The topological polar surface area (TPSA) is 78.9 Å². The number of ketones is 1. The number of carbonyl (C=O) groups excluding carboxylic acids is 1.